The van der Waals surface area contributed by atoms with Crippen LogP contribution in [0.15, 0.2) is 29.2 Å². The van der Waals surface area contributed by atoms with Gasteiger partial charge in [0.05, 0.1) is 18.1 Å². The molecule has 1 N–H and O–H groups in total. The molecule has 13 heteroatoms. The molecule has 0 saturated carbocycles. The number of sulfonamides is 1. The highest BCUT2D eigenvalue weighted by Crippen LogP contribution is 2.33. The Morgan fingerprint density at radius 3 is 2.41 bits per heavy atom. The fraction of sp³-hybridized carbons (Fsp3) is 0.438. The zero-order chi connectivity index (χ0) is 21.1. The molecule has 1 saturated heterocycles. The monoisotopic (exact) mass is 450 g/mol. The van der Waals surface area contributed by atoms with Crippen molar-refractivity contribution in [3.8, 4) is 0 Å². The van der Waals surface area contributed by atoms with Gasteiger partial charge < -0.3 is 10.1 Å². The third-order valence-corrected chi connectivity index (χ3v) is 6.88. The number of halogens is 3. The number of rotatable bonds is 6. The van der Waals surface area contributed by atoms with E-state index in [2.05, 4.69) is 15.5 Å². The topological polar surface area (TPSA) is 101 Å². The Bertz CT molecular complexity index is 955. The molecule has 1 aliphatic heterocycles. The van der Waals surface area contributed by atoms with Crippen LogP contribution in [0.1, 0.15) is 17.0 Å². The number of alkyl halides is 3. The second-order valence-electron chi connectivity index (χ2n) is 6.12. The van der Waals surface area contributed by atoms with Crippen LogP contribution in [0, 0.1) is 0 Å². The summed E-state index contributed by atoms with van der Waals surface area (Å²) in [6, 6.07) is 6.15. The number of morpholine rings is 1. The Morgan fingerprint density at radius 1 is 1.17 bits per heavy atom. The minimum atomic E-state index is -4.61. The van der Waals surface area contributed by atoms with Crippen molar-refractivity contribution in [3.05, 3.63) is 34.8 Å². The van der Waals surface area contributed by atoms with E-state index >= 15 is 0 Å². The van der Waals surface area contributed by atoms with Gasteiger partial charge in [0.25, 0.3) is 0 Å². The number of hydrogen-bond donors (Lipinski definition) is 1. The summed E-state index contributed by atoms with van der Waals surface area (Å²) in [4.78, 5) is 12.1. The minimum Gasteiger partial charge on any atom is -0.379 e. The Morgan fingerprint density at radius 2 is 1.83 bits per heavy atom. The Kier molecular flexibility index (Phi) is 6.51. The van der Waals surface area contributed by atoms with Crippen LogP contribution >= 0.6 is 11.3 Å². The molecule has 2 heterocycles. The second kappa shape index (κ2) is 8.73. The highest BCUT2D eigenvalue weighted by molar-refractivity contribution is 7.89. The van der Waals surface area contributed by atoms with Crippen molar-refractivity contribution < 1.29 is 31.1 Å². The summed E-state index contributed by atoms with van der Waals surface area (Å²) in [5.41, 5.74) is 0.717. The fourth-order valence-corrected chi connectivity index (χ4v) is 4.63. The summed E-state index contributed by atoms with van der Waals surface area (Å²) < 4.78 is 69.1. The number of amides is 1. The van der Waals surface area contributed by atoms with E-state index in [1.807, 2.05) is 0 Å². The molecule has 1 amide bonds. The van der Waals surface area contributed by atoms with Crippen LogP contribution in [0.5, 0.6) is 0 Å². The van der Waals surface area contributed by atoms with E-state index in [0.717, 1.165) is 0 Å². The zero-order valence-electron chi connectivity index (χ0n) is 15.0. The van der Waals surface area contributed by atoms with Crippen molar-refractivity contribution in [2.24, 2.45) is 0 Å². The highest BCUT2D eigenvalue weighted by atomic mass is 32.2. The van der Waals surface area contributed by atoms with Crippen LogP contribution < -0.4 is 5.32 Å². The SMILES string of the molecule is O=C(CCc1ccc(S(=O)(=O)N2CCOCC2)cc1)Nc1nnc(C(F)(F)F)s1. The molecule has 0 bridgehead atoms. The number of aromatic nitrogens is 2. The van der Waals surface area contributed by atoms with E-state index in [1.54, 1.807) is 12.1 Å². The van der Waals surface area contributed by atoms with Crippen molar-refractivity contribution in [2.75, 3.05) is 31.6 Å². The van der Waals surface area contributed by atoms with Gasteiger partial charge in [-0.3, -0.25) is 4.79 Å². The quantitative estimate of drug-likeness (QED) is 0.724. The lowest BCUT2D eigenvalue weighted by molar-refractivity contribution is -0.138. The predicted molar refractivity (Wildman–Crippen MR) is 97.9 cm³/mol. The maximum Gasteiger partial charge on any atom is 0.445 e. The summed E-state index contributed by atoms with van der Waals surface area (Å²) >= 11 is 0.249. The van der Waals surface area contributed by atoms with Crippen LogP contribution in [-0.2, 0) is 32.2 Å². The lowest BCUT2D eigenvalue weighted by Gasteiger charge is -2.26. The van der Waals surface area contributed by atoms with E-state index in [4.69, 9.17) is 4.74 Å². The minimum absolute atomic E-state index is 0.00348. The van der Waals surface area contributed by atoms with E-state index in [9.17, 15) is 26.4 Å². The molecule has 1 aromatic carbocycles. The van der Waals surface area contributed by atoms with E-state index in [1.165, 1.54) is 16.4 Å². The van der Waals surface area contributed by atoms with Crippen molar-refractivity contribution >= 4 is 32.4 Å². The summed E-state index contributed by atoms with van der Waals surface area (Å²) in [5, 5.41) is 7.20. The summed E-state index contributed by atoms with van der Waals surface area (Å²) in [5.74, 6) is -0.514. The molecule has 0 unspecified atom stereocenters. The molecule has 1 aromatic heterocycles. The molecule has 8 nitrogen and oxygen atoms in total. The molecule has 3 rings (SSSR count). The summed E-state index contributed by atoms with van der Waals surface area (Å²) in [6.07, 6.45) is -4.32. The maximum atomic E-state index is 12.6. The molecule has 29 heavy (non-hydrogen) atoms. The van der Waals surface area contributed by atoms with E-state index < -0.39 is 27.1 Å². The number of ether oxygens (including phenoxy) is 1. The number of carbonyl (C=O) groups excluding carboxylic acids is 1. The Labute approximate surface area is 168 Å². The first-order valence-electron chi connectivity index (χ1n) is 8.53. The average Bonchev–Trinajstić information content (AvgIpc) is 3.16. The Balaban J connectivity index is 1.54. The summed E-state index contributed by atoms with van der Waals surface area (Å²) in [6.45, 7) is 1.30. The van der Waals surface area contributed by atoms with Gasteiger partial charge in [-0.2, -0.15) is 17.5 Å². The molecule has 0 atom stereocenters. The maximum absolute atomic E-state index is 12.6. The molecular weight excluding hydrogens is 433 g/mol. The Hall–Kier alpha value is -2.09. The van der Waals surface area contributed by atoms with Crippen molar-refractivity contribution in [1.82, 2.24) is 14.5 Å². The molecular formula is C16H17F3N4O4S2. The number of nitrogens with one attached hydrogen (secondary N) is 1. The van der Waals surface area contributed by atoms with Crippen molar-refractivity contribution in [3.63, 3.8) is 0 Å². The van der Waals surface area contributed by atoms with Crippen molar-refractivity contribution in [2.45, 2.75) is 23.9 Å². The number of benzene rings is 1. The molecule has 158 valence electrons. The number of carbonyl (C=O) groups is 1. The van der Waals surface area contributed by atoms with Crippen LogP contribution in [0.3, 0.4) is 0 Å². The first kappa shape index (κ1) is 21.6. The van der Waals surface area contributed by atoms with Gasteiger partial charge in [0.15, 0.2) is 0 Å². The van der Waals surface area contributed by atoms with Gasteiger partial charge in [-0.25, -0.2) is 8.42 Å². The van der Waals surface area contributed by atoms with Gasteiger partial charge in [0.2, 0.25) is 26.1 Å². The second-order valence-corrected chi connectivity index (χ2v) is 9.03. The molecule has 1 fully saturated rings. The van der Waals surface area contributed by atoms with Crippen LogP contribution in [0.25, 0.3) is 0 Å². The third kappa shape index (κ3) is 5.50. The van der Waals surface area contributed by atoms with Gasteiger partial charge in [-0.05, 0) is 24.1 Å². The van der Waals surface area contributed by atoms with Crippen LogP contribution in [0.2, 0.25) is 0 Å². The van der Waals surface area contributed by atoms with Gasteiger partial charge in [0, 0.05) is 19.5 Å². The van der Waals surface area contributed by atoms with Crippen molar-refractivity contribution in [1.29, 1.82) is 0 Å². The molecule has 2 aromatic rings. The number of hydrogen-bond acceptors (Lipinski definition) is 7. The van der Waals surface area contributed by atoms with Gasteiger partial charge in [-0.15, -0.1) is 10.2 Å². The molecule has 0 spiro atoms. The molecule has 0 radical (unpaired) electrons. The summed E-state index contributed by atoms with van der Waals surface area (Å²) in [7, 11) is -3.59. The zero-order valence-corrected chi connectivity index (χ0v) is 16.6. The van der Waals surface area contributed by atoms with Crippen LogP contribution in [-0.4, -0.2) is 55.1 Å². The fourth-order valence-electron chi connectivity index (χ4n) is 2.59. The van der Waals surface area contributed by atoms with E-state index in [0.29, 0.717) is 31.9 Å². The van der Waals surface area contributed by atoms with Crippen LogP contribution in [0.4, 0.5) is 18.3 Å². The van der Waals surface area contributed by atoms with Gasteiger partial charge in [0.1, 0.15) is 0 Å². The molecule has 0 aliphatic carbocycles. The average molecular weight is 450 g/mol. The molecule has 1 aliphatic rings. The number of aryl methyl sites for hydroxylation is 1. The third-order valence-electron chi connectivity index (χ3n) is 4.09. The predicted octanol–water partition coefficient (Wildman–Crippen LogP) is 2.15. The lowest BCUT2D eigenvalue weighted by atomic mass is 10.1. The lowest BCUT2D eigenvalue weighted by Crippen LogP contribution is -2.40. The number of anilines is 1. The van der Waals surface area contributed by atoms with Gasteiger partial charge in [-0.1, -0.05) is 23.5 Å². The standard InChI is InChI=1S/C16H17F3N4O4S2/c17-16(18,19)14-21-22-15(28-14)20-13(24)6-3-11-1-4-12(5-2-11)29(25,26)23-7-9-27-10-8-23/h1-2,4-5H,3,6-10H2,(H,20,22,24). The first-order chi connectivity index (χ1) is 13.7. The first-order valence-corrected chi connectivity index (χ1v) is 10.8. The highest BCUT2D eigenvalue weighted by Gasteiger charge is 2.35. The number of nitrogens with zero attached hydrogens (tertiary/aromatic N) is 3. The smallest absolute Gasteiger partial charge is 0.379 e. The van der Waals surface area contributed by atoms with E-state index in [-0.39, 0.29) is 34.2 Å². The van der Waals surface area contributed by atoms with Gasteiger partial charge >= 0.3 is 6.18 Å². The largest absolute Gasteiger partial charge is 0.445 e. The normalized spacial score (nSPS) is 16.0.